The lowest BCUT2D eigenvalue weighted by Crippen LogP contribution is -2.32. The molecule has 1 atom stereocenters. The van der Waals surface area contributed by atoms with E-state index in [1.807, 2.05) is 12.1 Å². The van der Waals surface area contributed by atoms with Crippen molar-refractivity contribution in [2.45, 2.75) is 70.4 Å². The average Bonchev–Trinajstić information content (AvgIpc) is 2.68. The van der Waals surface area contributed by atoms with Gasteiger partial charge in [-0.25, -0.2) is 0 Å². The third-order valence-corrected chi connectivity index (χ3v) is 4.39. The Morgan fingerprint density at radius 3 is 2.32 bits per heavy atom. The fraction of sp³-hybridized carbons (Fsp3) is 0.647. The maximum absolute atomic E-state index is 5.99. The van der Waals surface area contributed by atoms with Crippen molar-refractivity contribution in [2.24, 2.45) is 0 Å². The van der Waals surface area contributed by atoms with Crippen LogP contribution in [-0.2, 0) is 0 Å². The zero-order chi connectivity index (χ0) is 13.5. The molecule has 1 aromatic carbocycles. The van der Waals surface area contributed by atoms with Crippen molar-refractivity contribution in [1.82, 2.24) is 5.32 Å². The molecule has 0 aromatic heterocycles. The molecule has 1 aliphatic rings. The molecule has 1 fully saturated rings. The van der Waals surface area contributed by atoms with Crippen molar-refractivity contribution in [3.63, 3.8) is 0 Å². The van der Waals surface area contributed by atoms with Gasteiger partial charge >= 0.3 is 0 Å². The van der Waals surface area contributed by atoms with Gasteiger partial charge in [0.15, 0.2) is 0 Å². The predicted molar refractivity (Wildman–Crippen MR) is 83.7 cm³/mol. The Hall–Kier alpha value is -0.530. The van der Waals surface area contributed by atoms with Crippen LogP contribution in [-0.4, -0.2) is 6.04 Å². The van der Waals surface area contributed by atoms with E-state index in [4.69, 9.17) is 11.6 Å². The van der Waals surface area contributed by atoms with Gasteiger partial charge in [0, 0.05) is 17.1 Å². The molecule has 1 saturated carbocycles. The van der Waals surface area contributed by atoms with Crippen LogP contribution in [0.15, 0.2) is 24.3 Å². The van der Waals surface area contributed by atoms with Crippen LogP contribution in [0, 0.1) is 0 Å². The molecule has 0 heterocycles. The Labute approximate surface area is 122 Å². The molecule has 1 N–H and O–H groups in total. The second-order valence-electron chi connectivity index (χ2n) is 5.75. The van der Waals surface area contributed by atoms with Gasteiger partial charge in [-0.1, -0.05) is 62.8 Å². The van der Waals surface area contributed by atoms with Crippen LogP contribution in [0.4, 0.5) is 0 Å². The molecule has 1 aliphatic carbocycles. The van der Waals surface area contributed by atoms with Gasteiger partial charge in [0.25, 0.3) is 0 Å². The normalized spacial score (nSPS) is 19.1. The van der Waals surface area contributed by atoms with E-state index in [-0.39, 0.29) is 0 Å². The molecule has 1 aromatic rings. The number of hydrogen-bond acceptors (Lipinski definition) is 1. The van der Waals surface area contributed by atoms with E-state index >= 15 is 0 Å². The lowest BCUT2D eigenvalue weighted by Gasteiger charge is -2.25. The van der Waals surface area contributed by atoms with Crippen LogP contribution < -0.4 is 5.32 Å². The first-order chi connectivity index (χ1) is 9.29. The highest BCUT2D eigenvalue weighted by molar-refractivity contribution is 6.30. The third-order valence-electron chi connectivity index (χ3n) is 4.14. The zero-order valence-electron chi connectivity index (χ0n) is 12.0. The molecule has 106 valence electrons. The molecule has 2 rings (SSSR count). The van der Waals surface area contributed by atoms with Crippen LogP contribution >= 0.6 is 11.6 Å². The van der Waals surface area contributed by atoms with E-state index in [1.165, 1.54) is 56.9 Å². The van der Waals surface area contributed by atoms with Crippen LogP contribution in [0.5, 0.6) is 0 Å². The summed E-state index contributed by atoms with van der Waals surface area (Å²) in [4.78, 5) is 0. The molecule has 1 unspecified atom stereocenters. The SMILES string of the molecule is CCCC(NC1CCCCCC1)c1ccc(Cl)cc1. The first kappa shape index (κ1) is 14.9. The maximum Gasteiger partial charge on any atom is 0.0406 e. The fourth-order valence-electron chi connectivity index (χ4n) is 3.06. The van der Waals surface area contributed by atoms with Crippen LogP contribution in [0.25, 0.3) is 0 Å². The van der Waals surface area contributed by atoms with Crippen molar-refractivity contribution < 1.29 is 0 Å². The highest BCUT2D eigenvalue weighted by Crippen LogP contribution is 2.25. The van der Waals surface area contributed by atoms with Crippen LogP contribution in [0.3, 0.4) is 0 Å². The molecule has 1 nitrogen and oxygen atoms in total. The number of rotatable bonds is 5. The van der Waals surface area contributed by atoms with Gasteiger partial charge < -0.3 is 5.32 Å². The Balaban J connectivity index is 2.00. The van der Waals surface area contributed by atoms with Crippen molar-refractivity contribution in [3.8, 4) is 0 Å². The minimum absolute atomic E-state index is 0.491. The summed E-state index contributed by atoms with van der Waals surface area (Å²) >= 11 is 5.99. The number of hydrogen-bond donors (Lipinski definition) is 1. The van der Waals surface area contributed by atoms with Gasteiger partial charge in [0.1, 0.15) is 0 Å². The van der Waals surface area contributed by atoms with E-state index in [9.17, 15) is 0 Å². The first-order valence-corrected chi connectivity index (χ1v) is 8.19. The Bertz CT molecular complexity index is 352. The van der Waals surface area contributed by atoms with Gasteiger partial charge in [-0.05, 0) is 37.0 Å². The summed E-state index contributed by atoms with van der Waals surface area (Å²) in [7, 11) is 0. The summed E-state index contributed by atoms with van der Waals surface area (Å²) in [5.74, 6) is 0. The van der Waals surface area contributed by atoms with E-state index < -0.39 is 0 Å². The molecule has 2 heteroatoms. The van der Waals surface area contributed by atoms with Gasteiger partial charge in [-0.3, -0.25) is 0 Å². The van der Waals surface area contributed by atoms with Crippen molar-refractivity contribution in [3.05, 3.63) is 34.9 Å². The molecule has 0 spiro atoms. The minimum atomic E-state index is 0.491. The molecule has 19 heavy (non-hydrogen) atoms. The zero-order valence-corrected chi connectivity index (χ0v) is 12.8. The quantitative estimate of drug-likeness (QED) is 0.703. The second kappa shape index (κ2) is 7.91. The summed E-state index contributed by atoms with van der Waals surface area (Å²) in [6.07, 6.45) is 10.7. The van der Waals surface area contributed by atoms with Gasteiger partial charge in [0.05, 0.1) is 0 Å². The maximum atomic E-state index is 5.99. The minimum Gasteiger partial charge on any atom is -0.307 e. The summed E-state index contributed by atoms with van der Waals surface area (Å²) < 4.78 is 0. The Kier molecular flexibility index (Phi) is 6.19. The lowest BCUT2D eigenvalue weighted by atomic mass is 9.99. The average molecular weight is 280 g/mol. The van der Waals surface area contributed by atoms with Crippen LogP contribution in [0.2, 0.25) is 5.02 Å². The highest BCUT2D eigenvalue weighted by atomic mass is 35.5. The predicted octanol–water partition coefficient (Wildman–Crippen LogP) is 5.49. The molecule has 0 amide bonds. The molecule has 0 bridgehead atoms. The smallest absolute Gasteiger partial charge is 0.0406 e. The van der Waals surface area contributed by atoms with Crippen molar-refractivity contribution in [2.75, 3.05) is 0 Å². The lowest BCUT2D eigenvalue weighted by molar-refractivity contribution is 0.382. The largest absolute Gasteiger partial charge is 0.307 e. The topological polar surface area (TPSA) is 12.0 Å². The molecule has 0 radical (unpaired) electrons. The number of nitrogens with one attached hydrogen (secondary N) is 1. The summed E-state index contributed by atoms with van der Waals surface area (Å²) in [5, 5.41) is 4.72. The molecular weight excluding hydrogens is 254 g/mol. The monoisotopic (exact) mass is 279 g/mol. The van der Waals surface area contributed by atoms with E-state index in [0.29, 0.717) is 12.1 Å². The summed E-state index contributed by atoms with van der Waals surface area (Å²) in [6, 6.07) is 9.56. The summed E-state index contributed by atoms with van der Waals surface area (Å²) in [6.45, 7) is 2.26. The highest BCUT2D eigenvalue weighted by Gasteiger charge is 2.17. The van der Waals surface area contributed by atoms with Gasteiger partial charge in [0.2, 0.25) is 0 Å². The number of halogens is 1. The van der Waals surface area contributed by atoms with E-state index in [0.717, 1.165) is 5.02 Å². The standard InChI is InChI=1S/C17H26ClN/c1-2-7-17(14-10-12-15(18)13-11-14)19-16-8-5-3-4-6-9-16/h10-13,16-17,19H,2-9H2,1H3. The van der Waals surface area contributed by atoms with E-state index in [1.54, 1.807) is 0 Å². The van der Waals surface area contributed by atoms with Gasteiger partial charge in [-0.15, -0.1) is 0 Å². The van der Waals surface area contributed by atoms with Crippen molar-refractivity contribution >= 4 is 11.6 Å². The van der Waals surface area contributed by atoms with E-state index in [2.05, 4.69) is 24.4 Å². The van der Waals surface area contributed by atoms with Gasteiger partial charge in [-0.2, -0.15) is 0 Å². The second-order valence-corrected chi connectivity index (χ2v) is 6.18. The summed E-state index contributed by atoms with van der Waals surface area (Å²) in [5.41, 5.74) is 1.38. The molecule has 0 saturated heterocycles. The molecule has 0 aliphatic heterocycles. The van der Waals surface area contributed by atoms with Crippen molar-refractivity contribution in [1.29, 1.82) is 0 Å². The first-order valence-electron chi connectivity index (χ1n) is 7.81. The fourth-order valence-corrected chi connectivity index (χ4v) is 3.19. The van der Waals surface area contributed by atoms with Crippen LogP contribution in [0.1, 0.15) is 69.9 Å². The Morgan fingerprint density at radius 2 is 1.74 bits per heavy atom. The Morgan fingerprint density at radius 1 is 1.11 bits per heavy atom. The third kappa shape index (κ3) is 4.81. The number of benzene rings is 1. The molecular formula is C17H26ClN.